The van der Waals surface area contributed by atoms with Crippen LogP contribution in [-0.2, 0) is 14.8 Å². The summed E-state index contributed by atoms with van der Waals surface area (Å²) in [6, 6.07) is 6.52. The molecule has 134 valence electrons. The van der Waals surface area contributed by atoms with E-state index >= 15 is 0 Å². The molecular formula is C17H26N2O4S. The Morgan fingerprint density at radius 1 is 1.04 bits per heavy atom. The maximum absolute atomic E-state index is 12.7. The number of amides is 1. The van der Waals surface area contributed by atoms with Crippen LogP contribution in [0.4, 0.5) is 0 Å². The van der Waals surface area contributed by atoms with Gasteiger partial charge in [-0.3, -0.25) is 4.79 Å². The van der Waals surface area contributed by atoms with Gasteiger partial charge in [0.15, 0.2) is 0 Å². The lowest BCUT2D eigenvalue weighted by molar-refractivity contribution is -0.132. The van der Waals surface area contributed by atoms with Crippen LogP contribution in [0.2, 0.25) is 0 Å². The minimum atomic E-state index is -3.52. The quantitative estimate of drug-likeness (QED) is 0.752. The minimum Gasteiger partial charge on any atom is -0.494 e. The molecule has 0 unspecified atom stereocenters. The summed E-state index contributed by atoms with van der Waals surface area (Å²) >= 11 is 0. The van der Waals surface area contributed by atoms with Gasteiger partial charge in [0.05, 0.1) is 11.5 Å². The van der Waals surface area contributed by atoms with Gasteiger partial charge in [0.1, 0.15) is 5.75 Å². The molecule has 0 bridgehead atoms. The van der Waals surface area contributed by atoms with Crippen molar-refractivity contribution < 1.29 is 17.9 Å². The number of nitrogens with zero attached hydrogens (tertiary/aromatic N) is 2. The third-order valence-corrected chi connectivity index (χ3v) is 5.90. The predicted octanol–water partition coefficient (Wildman–Crippen LogP) is 2.11. The lowest BCUT2D eigenvalue weighted by Crippen LogP contribution is -2.50. The monoisotopic (exact) mass is 354 g/mol. The van der Waals surface area contributed by atoms with E-state index in [9.17, 15) is 13.2 Å². The van der Waals surface area contributed by atoms with Crippen LogP contribution < -0.4 is 4.74 Å². The molecule has 2 rings (SSSR count). The zero-order chi connectivity index (χ0) is 17.6. The lowest BCUT2D eigenvalue weighted by atomic mass is 10.2. The van der Waals surface area contributed by atoms with E-state index in [0.29, 0.717) is 45.0 Å². The van der Waals surface area contributed by atoms with Gasteiger partial charge < -0.3 is 9.64 Å². The second kappa shape index (κ2) is 8.48. The highest BCUT2D eigenvalue weighted by Gasteiger charge is 2.29. The third kappa shape index (κ3) is 4.48. The van der Waals surface area contributed by atoms with E-state index in [1.165, 1.54) is 4.31 Å². The number of rotatable bonds is 7. The zero-order valence-electron chi connectivity index (χ0n) is 14.4. The molecule has 6 nitrogen and oxygen atoms in total. The largest absolute Gasteiger partial charge is 0.494 e. The molecule has 1 aliphatic heterocycles. The number of ether oxygens (including phenoxy) is 1. The molecular weight excluding hydrogens is 328 g/mol. The van der Waals surface area contributed by atoms with E-state index in [1.54, 1.807) is 29.2 Å². The molecule has 0 saturated carbocycles. The summed E-state index contributed by atoms with van der Waals surface area (Å²) in [5.74, 6) is 0.776. The average molecular weight is 354 g/mol. The predicted molar refractivity (Wildman–Crippen MR) is 92.5 cm³/mol. The first kappa shape index (κ1) is 18.7. The van der Waals surface area contributed by atoms with E-state index in [-0.39, 0.29) is 10.8 Å². The SMILES string of the molecule is CCCOc1ccc(S(=O)(=O)N2CCN(C(=O)CCC)CC2)cc1. The van der Waals surface area contributed by atoms with Crippen LogP contribution in [-0.4, -0.2) is 56.3 Å². The summed E-state index contributed by atoms with van der Waals surface area (Å²) in [7, 11) is -3.52. The van der Waals surface area contributed by atoms with Crippen LogP contribution in [0.5, 0.6) is 5.75 Å². The summed E-state index contributed by atoms with van der Waals surface area (Å²) in [5, 5.41) is 0. The molecule has 0 aliphatic carbocycles. The molecule has 1 aliphatic rings. The van der Waals surface area contributed by atoms with Gasteiger partial charge in [-0.25, -0.2) is 8.42 Å². The molecule has 1 aromatic carbocycles. The Morgan fingerprint density at radius 2 is 1.67 bits per heavy atom. The topological polar surface area (TPSA) is 66.9 Å². The second-order valence-corrected chi connectivity index (χ2v) is 7.79. The number of sulfonamides is 1. The average Bonchev–Trinajstić information content (AvgIpc) is 2.60. The van der Waals surface area contributed by atoms with E-state index < -0.39 is 10.0 Å². The van der Waals surface area contributed by atoms with Crippen LogP contribution in [0.3, 0.4) is 0 Å². The maximum atomic E-state index is 12.7. The minimum absolute atomic E-state index is 0.104. The Kier molecular flexibility index (Phi) is 6.62. The molecule has 1 fully saturated rings. The van der Waals surface area contributed by atoms with E-state index in [2.05, 4.69) is 0 Å². The smallest absolute Gasteiger partial charge is 0.243 e. The Labute approximate surface area is 144 Å². The number of benzene rings is 1. The highest BCUT2D eigenvalue weighted by molar-refractivity contribution is 7.89. The summed E-state index contributed by atoms with van der Waals surface area (Å²) < 4.78 is 32.3. The molecule has 1 heterocycles. The molecule has 0 N–H and O–H groups in total. The van der Waals surface area contributed by atoms with Gasteiger partial charge in [-0.15, -0.1) is 0 Å². The van der Waals surface area contributed by atoms with Gasteiger partial charge in [-0.2, -0.15) is 4.31 Å². The Balaban J connectivity index is 1.99. The van der Waals surface area contributed by atoms with Gasteiger partial charge in [-0.05, 0) is 37.1 Å². The van der Waals surface area contributed by atoms with Crippen molar-refractivity contribution in [2.45, 2.75) is 38.0 Å². The number of hydrogen-bond donors (Lipinski definition) is 0. The van der Waals surface area contributed by atoms with Crippen molar-refractivity contribution in [3.63, 3.8) is 0 Å². The molecule has 0 radical (unpaired) electrons. The number of carbonyl (C=O) groups excluding carboxylic acids is 1. The van der Waals surface area contributed by atoms with Crippen LogP contribution in [0.1, 0.15) is 33.1 Å². The van der Waals surface area contributed by atoms with Crippen LogP contribution in [0.25, 0.3) is 0 Å². The van der Waals surface area contributed by atoms with E-state index in [1.807, 2.05) is 13.8 Å². The lowest BCUT2D eigenvalue weighted by Gasteiger charge is -2.34. The summed E-state index contributed by atoms with van der Waals surface area (Å²) in [4.78, 5) is 13.9. The van der Waals surface area contributed by atoms with Crippen LogP contribution >= 0.6 is 0 Å². The van der Waals surface area contributed by atoms with Gasteiger partial charge in [-0.1, -0.05) is 13.8 Å². The van der Waals surface area contributed by atoms with Crippen molar-refractivity contribution >= 4 is 15.9 Å². The normalized spacial score (nSPS) is 16.2. The van der Waals surface area contributed by atoms with Gasteiger partial charge in [0.25, 0.3) is 0 Å². The first-order chi connectivity index (χ1) is 11.5. The first-order valence-electron chi connectivity index (χ1n) is 8.49. The van der Waals surface area contributed by atoms with Crippen molar-refractivity contribution in [1.29, 1.82) is 0 Å². The van der Waals surface area contributed by atoms with Gasteiger partial charge in [0, 0.05) is 32.6 Å². The highest BCUT2D eigenvalue weighted by atomic mass is 32.2. The molecule has 7 heteroatoms. The molecule has 1 amide bonds. The summed E-state index contributed by atoms with van der Waals surface area (Å²) in [6.45, 7) is 6.18. The molecule has 1 aromatic rings. The maximum Gasteiger partial charge on any atom is 0.243 e. The number of hydrogen-bond acceptors (Lipinski definition) is 4. The fourth-order valence-electron chi connectivity index (χ4n) is 2.63. The standard InChI is InChI=1S/C17H26N2O4S/c1-3-5-17(20)18-10-12-19(13-11-18)24(21,22)16-8-6-15(7-9-16)23-14-4-2/h6-9H,3-5,10-14H2,1-2H3. The fourth-order valence-corrected chi connectivity index (χ4v) is 4.05. The molecule has 0 atom stereocenters. The third-order valence-electron chi connectivity index (χ3n) is 3.99. The Morgan fingerprint density at radius 3 is 2.21 bits per heavy atom. The molecule has 0 spiro atoms. The number of carbonyl (C=O) groups is 1. The second-order valence-electron chi connectivity index (χ2n) is 5.85. The fraction of sp³-hybridized carbons (Fsp3) is 0.588. The highest BCUT2D eigenvalue weighted by Crippen LogP contribution is 2.21. The zero-order valence-corrected chi connectivity index (χ0v) is 15.2. The number of piperazine rings is 1. The molecule has 24 heavy (non-hydrogen) atoms. The van der Waals surface area contributed by atoms with E-state index in [0.717, 1.165) is 12.8 Å². The molecule has 0 aromatic heterocycles. The van der Waals surface area contributed by atoms with Crippen LogP contribution in [0.15, 0.2) is 29.2 Å². The van der Waals surface area contributed by atoms with Crippen molar-refractivity contribution in [3.8, 4) is 5.75 Å². The van der Waals surface area contributed by atoms with Crippen molar-refractivity contribution in [2.24, 2.45) is 0 Å². The van der Waals surface area contributed by atoms with Crippen molar-refractivity contribution in [3.05, 3.63) is 24.3 Å². The molecule has 1 saturated heterocycles. The summed E-state index contributed by atoms with van der Waals surface area (Å²) in [6.07, 6.45) is 2.23. The van der Waals surface area contributed by atoms with Crippen LogP contribution in [0, 0.1) is 0 Å². The van der Waals surface area contributed by atoms with E-state index in [4.69, 9.17) is 4.74 Å². The van der Waals surface area contributed by atoms with Crippen molar-refractivity contribution in [2.75, 3.05) is 32.8 Å². The Hall–Kier alpha value is -1.60. The Bertz CT molecular complexity index is 635. The van der Waals surface area contributed by atoms with Gasteiger partial charge >= 0.3 is 0 Å². The summed E-state index contributed by atoms with van der Waals surface area (Å²) in [5.41, 5.74) is 0. The van der Waals surface area contributed by atoms with Gasteiger partial charge in [0.2, 0.25) is 15.9 Å². The van der Waals surface area contributed by atoms with Crippen molar-refractivity contribution in [1.82, 2.24) is 9.21 Å². The first-order valence-corrected chi connectivity index (χ1v) is 9.93.